The largest absolute Gasteiger partial charge is 0.463 e. The van der Waals surface area contributed by atoms with Crippen molar-refractivity contribution in [1.82, 2.24) is 4.90 Å². The number of nitrogens with zero attached hydrogens (tertiary/aromatic N) is 1. The molecule has 0 unspecified atom stereocenters. The Morgan fingerprint density at radius 3 is 2.66 bits per heavy atom. The highest BCUT2D eigenvalue weighted by Crippen LogP contribution is 2.50. The number of rotatable bonds is 7. The van der Waals surface area contributed by atoms with Gasteiger partial charge in [-0.05, 0) is 47.7 Å². The fourth-order valence-electron chi connectivity index (χ4n) is 5.38. The van der Waals surface area contributed by atoms with Gasteiger partial charge in [-0.25, -0.2) is 4.79 Å². The number of fused-ring (bicyclic) bond motifs is 5. The Bertz CT molecular complexity index is 1010. The number of esters is 1. The first-order valence-electron chi connectivity index (χ1n) is 13.2. The second-order valence-corrected chi connectivity index (χ2v) is 16.7. The van der Waals surface area contributed by atoms with Crippen molar-refractivity contribution >= 4 is 14.3 Å². The minimum atomic E-state index is -1.83. The highest BCUT2D eigenvalue weighted by atomic mass is 28.4. The first-order valence-corrected chi connectivity index (χ1v) is 16.1. The minimum Gasteiger partial charge on any atom is -0.463 e. The number of carbonyl (C=O) groups is 1. The molecule has 4 rings (SSSR count). The van der Waals surface area contributed by atoms with Crippen LogP contribution >= 0.6 is 0 Å². The molecule has 6 heteroatoms. The van der Waals surface area contributed by atoms with Crippen molar-refractivity contribution in [3.05, 3.63) is 58.7 Å². The molecule has 5 nitrogen and oxygen atoms in total. The van der Waals surface area contributed by atoms with Crippen LogP contribution in [0.5, 0.6) is 0 Å². The SMILES string of the molecule is CCOC(=O)C1=C[C@@H](/C=C/CO[Si](C)(C)C(C)(C)C)N2[C@@H](C1)O[C@@H]1Cc3cccc(C(C)C)c3[C@@H]12. The Kier molecular flexibility index (Phi) is 7.50. The van der Waals surface area contributed by atoms with Gasteiger partial charge in [0, 0.05) is 18.4 Å². The molecule has 0 N–H and O–H groups in total. The molecule has 3 aliphatic rings. The number of carbonyl (C=O) groups excluding carboxylic acids is 1. The van der Waals surface area contributed by atoms with Crippen molar-refractivity contribution in [3.63, 3.8) is 0 Å². The summed E-state index contributed by atoms with van der Waals surface area (Å²) in [6, 6.07) is 6.85. The van der Waals surface area contributed by atoms with E-state index in [2.05, 4.69) is 89.0 Å². The van der Waals surface area contributed by atoms with Gasteiger partial charge >= 0.3 is 5.97 Å². The summed E-state index contributed by atoms with van der Waals surface area (Å²) in [5, 5.41) is 0.171. The summed E-state index contributed by atoms with van der Waals surface area (Å²) in [6.07, 6.45) is 7.88. The van der Waals surface area contributed by atoms with E-state index < -0.39 is 8.32 Å². The number of benzene rings is 1. The molecule has 0 amide bonds. The normalized spacial score (nSPS) is 26.6. The number of hydrogen-bond donors (Lipinski definition) is 0. The van der Waals surface area contributed by atoms with Gasteiger partial charge in [0.2, 0.25) is 0 Å². The Morgan fingerprint density at radius 1 is 1.26 bits per heavy atom. The third-order valence-corrected chi connectivity index (χ3v) is 12.7. The first kappa shape index (κ1) is 26.3. The predicted octanol–water partition coefficient (Wildman–Crippen LogP) is 6.27. The van der Waals surface area contributed by atoms with Crippen LogP contribution in [-0.2, 0) is 25.1 Å². The van der Waals surface area contributed by atoms with Crippen LogP contribution in [0.4, 0.5) is 0 Å². The lowest BCUT2D eigenvalue weighted by Crippen LogP contribution is -2.44. The van der Waals surface area contributed by atoms with E-state index in [0.717, 1.165) is 6.42 Å². The Morgan fingerprint density at radius 2 is 2.00 bits per heavy atom. The summed E-state index contributed by atoms with van der Waals surface area (Å²) in [6.45, 7) is 18.7. The standard InChI is InChI=1S/C29H43NO4Si/c1-9-32-28(31)21-16-22(13-11-15-33-35(7,8)29(4,5)6)30-25(18-21)34-24-17-20-12-10-14-23(19(2)3)26(20)27(24)30/h10-14,16,19,22,24-25,27H,9,15,17-18H2,1-8H3/b13-11+/t22-,24-,25-,27-/m1/s1. The van der Waals surface area contributed by atoms with Gasteiger partial charge in [-0.15, -0.1) is 0 Å². The van der Waals surface area contributed by atoms with Crippen LogP contribution < -0.4 is 0 Å². The maximum absolute atomic E-state index is 12.7. The van der Waals surface area contributed by atoms with Crippen molar-refractivity contribution < 1.29 is 18.7 Å². The molecule has 0 bridgehead atoms. The van der Waals surface area contributed by atoms with E-state index in [0.29, 0.717) is 31.1 Å². The van der Waals surface area contributed by atoms with Crippen LogP contribution in [0, 0.1) is 0 Å². The highest BCUT2D eigenvalue weighted by molar-refractivity contribution is 6.74. The fraction of sp³-hybridized carbons (Fsp3) is 0.621. The van der Waals surface area contributed by atoms with E-state index in [1.54, 1.807) is 0 Å². The van der Waals surface area contributed by atoms with Gasteiger partial charge in [-0.2, -0.15) is 0 Å². The molecule has 0 aromatic heterocycles. The average Bonchev–Trinajstić information content (AvgIpc) is 3.31. The van der Waals surface area contributed by atoms with E-state index in [1.807, 2.05) is 6.92 Å². The summed E-state index contributed by atoms with van der Waals surface area (Å²) in [4.78, 5) is 15.2. The Labute approximate surface area is 212 Å². The summed E-state index contributed by atoms with van der Waals surface area (Å²) >= 11 is 0. The van der Waals surface area contributed by atoms with Crippen molar-refractivity contribution in [1.29, 1.82) is 0 Å². The van der Waals surface area contributed by atoms with Crippen LogP contribution in [0.1, 0.15) is 76.6 Å². The van der Waals surface area contributed by atoms with E-state index in [9.17, 15) is 4.79 Å². The zero-order valence-electron chi connectivity index (χ0n) is 22.8. The van der Waals surface area contributed by atoms with Crippen LogP contribution in [0.15, 0.2) is 42.0 Å². The molecule has 35 heavy (non-hydrogen) atoms. The van der Waals surface area contributed by atoms with Crippen molar-refractivity contribution in [2.75, 3.05) is 13.2 Å². The molecule has 1 aromatic carbocycles. The highest BCUT2D eigenvalue weighted by Gasteiger charge is 2.52. The molecule has 192 valence electrons. The zero-order valence-corrected chi connectivity index (χ0v) is 23.8. The number of ether oxygens (including phenoxy) is 2. The molecule has 1 aromatic rings. The fourth-order valence-corrected chi connectivity index (χ4v) is 6.33. The maximum Gasteiger partial charge on any atom is 0.333 e. The Hall–Kier alpha value is -1.73. The maximum atomic E-state index is 12.7. The topological polar surface area (TPSA) is 48.0 Å². The van der Waals surface area contributed by atoms with Gasteiger partial charge < -0.3 is 13.9 Å². The van der Waals surface area contributed by atoms with Gasteiger partial charge in [0.1, 0.15) is 6.23 Å². The van der Waals surface area contributed by atoms with Crippen LogP contribution in [0.2, 0.25) is 18.1 Å². The summed E-state index contributed by atoms with van der Waals surface area (Å²) in [5.74, 6) is 0.220. The molecule has 0 spiro atoms. The lowest BCUT2D eigenvalue weighted by atomic mass is 9.90. The second-order valence-electron chi connectivity index (χ2n) is 11.9. The smallest absolute Gasteiger partial charge is 0.333 e. The van der Waals surface area contributed by atoms with Crippen molar-refractivity contribution in [2.45, 2.75) is 103 Å². The average molecular weight is 498 g/mol. The van der Waals surface area contributed by atoms with Crippen LogP contribution in [0.3, 0.4) is 0 Å². The minimum absolute atomic E-state index is 0.0441. The van der Waals surface area contributed by atoms with Crippen molar-refractivity contribution in [2.24, 2.45) is 0 Å². The van der Waals surface area contributed by atoms with Gasteiger partial charge in [-0.3, -0.25) is 4.90 Å². The van der Waals surface area contributed by atoms with Crippen molar-refractivity contribution in [3.8, 4) is 0 Å². The summed E-state index contributed by atoms with van der Waals surface area (Å²) < 4.78 is 18.4. The molecule has 2 heterocycles. The summed E-state index contributed by atoms with van der Waals surface area (Å²) in [7, 11) is -1.83. The van der Waals surface area contributed by atoms with E-state index in [4.69, 9.17) is 13.9 Å². The molecule has 1 saturated heterocycles. The lowest BCUT2D eigenvalue weighted by molar-refractivity contribution is -0.139. The third kappa shape index (κ3) is 5.08. The van der Waals surface area contributed by atoms with E-state index in [1.165, 1.54) is 16.7 Å². The van der Waals surface area contributed by atoms with Gasteiger partial charge in [0.05, 0.1) is 31.4 Å². The predicted molar refractivity (Wildman–Crippen MR) is 143 cm³/mol. The molecule has 4 atom stereocenters. The van der Waals surface area contributed by atoms with Crippen LogP contribution in [-0.4, -0.2) is 50.8 Å². The lowest BCUT2D eigenvalue weighted by Gasteiger charge is -2.38. The monoisotopic (exact) mass is 497 g/mol. The molecule has 1 aliphatic carbocycles. The van der Waals surface area contributed by atoms with E-state index in [-0.39, 0.29) is 35.4 Å². The third-order valence-electron chi connectivity index (χ3n) is 8.24. The second kappa shape index (κ2) is 9.96. The molecular weight excluding hydrogens is 454 g/mol. The van der Waals surface area contributed by atoms with Gasteiger partial charge in [0.25, 0.3) is 0 Å². The molecule has 1 fully saturated rings. The zero-order chi connectivity index (χ0) is 25.5. The quantitative estimate of drug-likeness (QED) is 0.252. The van der Waals surface area contributed by atoms with E-state index >= 15 is 0 Å². The molecule has 0 saturated carbocycles. The van der Waals surface area contributed by atoms with Crippen LogP contribution in [0.25, 0.3) is 0 Å². The molecule has 2 aliphatic heterocycles. The Balaban J connectivity index is 1.64. The van der Waals surface area contributed by atoms with Gasteiger partial charge in [-0.1, -0.05) is 71.0 Å². The molecular formula is C29H43NO4Si. The molecule has 0 radical (unpaired) electrons. The summed E-state index contributed by atoms with van der Waals surface area (Å²) in [5.41, 5.74) is 4.95. The number of hydrogen-bond acceptors (Lipinski definition) is 5. The first-order chi connectivity index (χ1) is 16.4. The van der Waals surface area contributed by atoms with Gasteiger partial charge in [0.15, 0.2) is 8.32 Å².